The lowest BCUT2D eigenvalue weighted by Gasteiger charge is -2.21. The van der Waals surface area contributed by atoms with E-state index in [-0.39, 0.29) is 4.90 Å². The fourth-order valence-corrected chi connectivity index (χ4v) is 5.34. The number of benzene rings is 2. The Hall–Kier alpha value is -2.22. The largest absolute Gasteiger partial charge is 0.337 e. The molecule has 0 aliphatic carbocycles. The molecule has 4 rings (SSSR count). The van der Waals surface area contributed by atoms with Crippen molar-refractivity contribution >= 4 is 21.6 Å². The van der Waals surface area contributed by atoms with Crippen molar-refractivity contribution in [1.82, 2.24) is 14.4 Å². The van der Waals surface area contributed by atoms with Gasteiger partial charge in [-0.05, 0) is 50.5 Å². The Morgan fingerprint density at radius 3 is 2.75 bits per heavy atom. The van der Waals surface area contributed by atoms with Gasteiger partial charge < -0.3 is 4.52 Å². The molecule has 6 nitrogen and oxygen atoms in total. The van der Waals surface area contributed by atoms with Crippen LogP contribution in [0.1, 0.15) is 35.9 Å². The van der Waals surface area contributed by atoms with E-state index in [0.29, 0.717) is 29.7 Å². The molecular weight excluding hydrogens is 398 g/mol. The van der Waals surface area contributed by atoms with Crippen molar-refractivity contribution in [2.24, 2.45) is 0 Å². The zero-order valence-corrected chi connectivity index (χ0v) is 17.2. The van der Waals surface area contributed by atoms with Crippen LogP contribution in [-0.4, -0.2) is 29.4 Å². The molecule has 0 N–H and O–H groups in total. The van der Waals surface area contributed by atoms with Gasteiger partial charge in [0, 0.05) is 17.1 Å². The summed E-state index contributed by atoms with van der Waals surface area (Å²) < 4.78 is 33.2. The predicted octanol–water partition coefficient (Wildman–Crippen LogP) is 4.53. The summed E-state index contributed by atoms with van der Waals surface area (Å²) in [4.78, 5) is 4.66. The van der Waals surface area contributed by atoms with Crippen LogP contribution in [0.4, 0.5) is 0 Å². The van der Waals surface area contributed by atoms with E-state index in [4.69, 9.17) is 16.1 Å². The van der Waals surface area contributed by atoms with E-state index in [9.17, 15) is 8.42 Å². The summed E-state index contributed by atoms with van der Waals surface area (Å²) in [5.41, 5.74) is 2.76. The van der Waals surface area contributed by atoms with Crippen LogP contribution in [0.15, 0.2) is 51.9 Å². The first-order chi connectivity index (χ1) is 13.4. The molecule has 0 amide bonds. The molecule has 8 heteroatoms. The molecule has 1 aromatic heterocycles. The van der Waals surface area contributed by atoms with Crippen LogP contribution in [-0.2, 0) is 10.0 Å². The summed E-state index contributed by atoms with van der Waals surface area (Å²) in [6.45, 7) is 4.23. The van der Waals surface area contributed by atoms with Gasteiger partial charge in [-0.3, -0.25) is 0 Å². The Morgan fingerprint density at radius 1 is 1.18 bits per heavy atom. The molecule has 1 aliphatic heterocycles. The number of halogens is 1. The monoisotopic (exact) mass is 417 g/mol. The number of rotatable bonds is 4. The van der Waals surface area contributed by atoms with Gasteiger partial charge in [0.05, 0.1) is 4.90 Å². The second kappa shape index (κ2) is 7.31. The number of aryl methyl sites for hydroxylation is 2. The van der Waals surface area contributed by atoms with Crippen LogP contribution in [0, 0.1) is 13.8 Å². The van der Waals surface area contributed by atoms with Gasteiger partial charge in [-0.25, -0.2) is 8.42 Å². The zero-order chi connectivity index (χ0) is 19.9. The van der Waals surface area contributed by atoms with Crippen LogP contribution in [0.2, 0.25) is 5.02 Å². The van der Waals surface area contributed by atoms with E-state index in [0.717, 1.165) is 23.1 Å². The Balaban J connectivity index is 1.66. The van der Waals surface area contributed by atoms with E-state index in [2.05, 4.69) is 10.1 Å². The molecule has 0 spiro atoms. The minimum atomic E-state index is -3.72. The van der Waals surface area contributed by atoms with Gasteiger partial charge in [-0.2, -0.15) is 9.29 Å². The summed E-state index contributed by atoms with van der Waals surface area (Å²) in [6, 6.07) is 12.1. The summed E-state index contributed by atoms with van der Waals surface area (Å²) in [6.07, 6.45) is 1.36. The smallest absolute Gasteiger partial charge is 0.245 e. The van der Waals surface area contributed by atoms with E-state index in [1.807, 2.05) is 38.1 Å². The number of aromatic nitrogens is 2. The number of hydrogen-bond acceptors (Lipinski definition) is 5. The van der Waals surface area contributed by atoms with Crippen molar-refractivity contribution in [3.05, 3.63) is 64.5 Å². The second-order valence-corrected chi connectivity index (χ2v) is 9.31. The molecule has 0 radical (unpaired) electrons. The highest BCUT2D eigenvalue weighted by atomic mass is 35.5. The van der Waals surface area contributed by atoms with E-state index in [1.54, 1.807) is 12.1 Å². The van der Waals surface area contributed by atoms with Gasteiger partial charge in [-0.15, -0.1) is 0 Å². The highest BCUT2D eigenvalue weighted by molar-refractivity contribution is 7.89. The lowest BCUT2D eigenvalue weighted by Crippen LogP contribution is -2.30. The quantitative estimate of drug-likeness (QED) is 0.623. The van der Waals surface area contributed by atoms with Gasteiger partial charge in [-0.1, -0.05) is 46.6 Å². The summed E-state index contributed by atoms with van der Waals surface area (Å²) in [5.74, 6) is 0.775. The van der Waals surface area contributed by atoms with Crippen LogP contribution in [0.25, 0.3) is 11.4 Å². The third kappa shape index (κ3) is 3.45. The Bertz CT molecular complexity index is 1130. The molecule has 1 unspecified atom stereocenters. The molecule has 1 aliphatic rings. The molecule has 2 aromatic carbocycles. The Morgan fingerprint density at radius 2 is 2.00 bits per heavy atom. The third-order valence-electron chi connectivity index (χ3n) is 4.96. The van der Waals surface area contributed by atoms with Gasteiger partial charge >= 0.3 is 0 Å². The fourth-order valence-electron chi connectivity index (χ4n) is 3.42. The van der Waals surface area contributed by atoms with Crippen LogP contribution < -0.4 is 0 Å². The van der Waals surface area contributed by atoms with Crippen molar-refractivity contribution in [3.63, 3.8) is 0 Å². The molecule has 2 heterocycles. The van der Waals surface area contributed by atoms with Crippen molar-refractivity contribution in [3.8, 4) is 11.4 Å². The number of hydrogen-bond donors (Lipinski definition) is 0. The fraction of sp³-hybridized carbons (Fsp3) is 0.300. The van der Waals surface area contributed by atoms with Gasteiger partial charge in [0.2, 0.25) is 21.7 Å². The summed E-state index contributed by atoms with van der Waals surface area (Å²) in [5, 5.41) is 4.49. The molecule has 3 aromatic rings. The molecular formula is C20H20ClN3O3S. The van der Waals surface area contributed by atoms with E-state index in [1.165, 1.54) is 10.4 Å². The lowest BCUT2D eigenvalue weighted by atomic mass is 10.1. The number of sulfonamides is 1. The van der Waals surface area contributed by atoms with E-state index >= 15 is 0 Å². The molecule has 0 bridgehead atoms. The van der Waals surface area contributed by atoms with Crippen molar-refractivity contribution in [2.45, 2.75) is 37.6 Å². The molecule has 1 fully saturated rings. The molecule has 28 heavy (non-hydrogen) atoms. The first kappa shape index (κ1) is 19.1. The average Bonchev–Trinajstić information content (AvgIpc) is 3.33. The Kier molecular flexibility index (Phi) is 4.99. The van der Waals surface area contributed by atoms with E-state index < -0.39 is 16.1 Å². The maximum atomic E-state index is 13.2. The molecule has 0 saturated carbocycles. The van der Waals surface area contributed by atoms with Crippen LogP contribution >= 0.6 is 11.6 Å². The minimum absolute atomic E-state index is 0.174. The van der Waals surface area contributed by atoms with Crippen molar-refractivity contribution in [1.29, 1.82) is 0 Å². The van der Waals surface area contributed by atoms with Gasteiger partial charge in [0.25, 0.3) is 0 Å². The Labute approximate surface area is 169 Å². The number of nitrogens with zero attached hydrogens (tertiary/aromatic N) is 3. The lowest BCUT2D eigenvalue weighted by molar-refractivity contribution is 0.290. The third-order valence-corrected chi connectivity index (χ3v) is 7.27. The predicted molar refractivity (Wildman–Crippen MR) is 107 cm³/mol. The summed E-state index contributed by atoms with van der Waals surface area (Å²) >= 11 is 6.14. The van der Waals surface area contributed by atoms with Crippen molar-refractivity contribution in [2.75, 3.05) is 6.54 Å². The summed E-state index contributed by atoms with van der Waals surface area (Å²) in [7, 11) is -3.72. The highest BCUT2D eigenvalue weighted by Crippen LogP contribution is 2.37. The average molecular weight is 418 g/mol. The second-order valence-electron chi connectivity index (χ2n) is 7.01. The first-order valence-corrected chi connectivity index (χ1v) is 10.9. The SMILES string of the molecule is Cc1cccc(-c2noc(C3CCCN3S(=O)(=O)c3ccc(C)c(Cl)c3)n2)c1. The normalized spacial score (nSPS) is 17.9. The highest BCUT2D eigenvalue weighted by Gasteiger charge is 2.39. The van der Waals surface area contributed by atoms with Gasteiger partial charge in [0.1, 0.15) is 6.04 Å². The zero-order valence-electron chi connectivity index (χ0n) is 15.6. The molecule has 1 saturated heterocycles. The van der Waals surface area contributed by atoms with Gasteiger partial charge in [0.15, 0.2) is 0 Å². The standard InChI is InChI=1S/C20H20ClN3O3S/c1-13-5-3-6-15(11-13)19-22-20(27-23-19)18-7-4-10-24(18)28(25,26)16-9-8-14(2)17(21)12-16/h3,5-6,8-9,11-12,18H,4,7,10H2,1-2H3. The first-order valence-electron chi connectivity index (χ1n) is 9.05. The maximum absolute atomic E-state index is 13.2. The van der Waals surface area contributed by atoms with Crippen LogP contribution in [0.5, 0.6) is 0 Å². The van der Waals surface area contributed by atoms with Crippen molar-refractivity contribution < 1.29 is 12.9 Å². The minimum Gasteiger partial charge on any atom is -0.337 e. The topological polar surface area (TPSA) is 76.3 Å². The maximum Gasteiger partial charge on any atom is 0.245 e. The van der Waals surface area contributed by atoms with Crippen LogP contribution in [0.3, 0.4) is 0 Å². The molecule has 146 valence electrons. The molecule has 1 atom stereocenters.